The zero-order chi connectivity index (χ0) is 18.5. The summed E-state index contributed by atoms with van der Waals surface area (Å²) in [6.07, 6.45) is 0. The summed E-state index contributed by atoms with van der Waals surface area (Å²) in [5.74, 6) is 0.864. The van der Waals surface area contributed by atoms with Gasteiger partial charge in [-0.1, -0.05) is 45.4 Å². The maximum absolute atomic E-state index is 12.1. The summed E-state index contributed by atoms with van der Waals surface area (Å²) < 4.78 is 11.6. The van der Waals surface area contributed by atoms with Crippen molar-refractivity contribution in [1.82, 2.24) is 10.2 Å². The van der Waals surface area contributed by atoms with E-state index in [4.69, 9.17) is 20.8 Å². The minimum atomic E-state index is -0.210. The van der Waals surface area contributed by atoms with Gasteiger partial charge in [0.2, 0.25) is 11.8 Å². The number of hydrogen-bond acceptors (Lipinski definition) is 6. The van der Waals surface area contributed by atoms with Crippen molar-refractivity contribution in [3.63, 3.8) is 0 Å². The SMILES string of the molecule is COc1ccc(NC(=O)CSc2nnc(-c3cccc(Br)c3)o2)cc1Cl. The van der Waals surface area contributed by atoms with Gasteiger partial charge in [-0.15, -0.1) is 10.2 Å². The van der Waals surface area contributed by atoms with E-state index in [9.17, 15) is 4.79 Å². The number of carbonyl (C=O) groups is 1. The molecule has 1 amide bonds. The van der Waals surface area contributed by atoms with Gasteiger partial charge < -0.3 is 14.5 Å². The highest BCUT2D eigenvalue weighted by Gasteiger charge is 2.12. The van der Waals surface area contributed by atoms with Crippen LogP contribution in [0.1, 0.15) is 0 Å². The van der Waals surface area contributed by atoms with Gasteiger partial charge in [-0.2, -0.15) is 0 Å². The zero-order valence-corrected chi connectivity index (χ0v) is 16.7. The summed E-state index contributed by atoms with van der Waals surface area (Å²) in [7, 11) is 1.53. The molecular weight excluding hydrogens is 442 g/mol. The molecule has 9 heteroatoms. The minimum Gasteiger partial charge on any atom is -0.495 e. The number of ether oxygens (including phenoxy) is 1. The smallest absolute Gasteiger partial charge is 0.277 e. The Balaban J connectivity index is 1.57. The van der Waals surface area contributed by atoms with Gasteiger partial charge >= 0.3 is 0 Å². The normalized spacial score (nSPS) is 10.6. The van der Waals surface area contributed by atoms with Crippen LogP contribution in [0.4, 0.5) is 5.69 Å². The number of anilines is 1. The van der Waals surface area contributed by atoms with Crippen molar-refractivity contribution in [2.75, 3.05) is 18.2 Å². The topological polar surface area (TPSA) is 77.2 Å². The fourth-order valence-electron chi connectivity index (χ4n) is 2.07. The number of nitrogens with zero attached hydrogens (tertiary/aromatic N) is 2. The molecule has 2 aromatic carbocycles. The number of amides is 1. The number of hydrogen-bond donors (Lipinski definition) is 1. The summed E-state index contributed by atoms with van der Waals surface area (Å²) in [6.45, 7) is 0. The molecule has 0 spiro atoms. The molecule has 0 fully saturated rings. The maximum atomic E-state index is 12.1. The van der Waals surface area contributed by atoms with Gasteiger partial charge in [-0.25, -0.2) is 0 Å². The zero-order valence-electron chi connectivity index (χ0n) is 13.5. The average Bonchev–Trinajstić information content (AvgIpc) is 3.09. The fraction of sp³-hybridized carbons (Fsp3) is 0.118. The van der Waals surface area contributed by atoms with Crippen LogP contribution in [-0.2, 0) is 4.79 Å². The molecule has 1 aromatic heterocycles. The first kappa shape index (κ1) is 18.8. The predicted octanol–water partition coefficient (Wildman–Crippen LogP) is 4.89. The number of aromatic nitrogens is 2. The Morgan fingerprint density at radius 1 is 1.31 bits per heavy atom. The molecule has 0 unspecified atom stereocenters. The number of thioether (sulfide) groups is 1. The lowest BCUT2D eigenvalue weighted by atomic mass is 10.2. The second kappa shape index (κ2) is 8.57. The molecule has 3 aromatic rings. The highest BCUT2D eigenvalue weighted by molar-refractivity contribution is 9.10. The van der Waals surface area contributed by atoms with E-state index < -0.39 is 0 Å². The van der Waals surface area contributed by atoms with Gasteiger partial charge in [-0.05, 0) is 36.4 Å². The van der Waals surface area contributed by atoms with Gasteiger partial charge in [0.15, 0.2) is 0 Å². The number of methoxy groups -OCH3 is 1. The Labute approximate surface area is 167 Å². The molecule has 0 saturated heterocycles. The number of benzene rings is 2. The minimum absolute atomic E-state index is 0.129. The van der Waals surface area contributed by atoms with Crippen LogP contribution in [0, 0.1) is 0 Å². The molecular formula is C17H13BrClN3O3S. The van der Waals surface area contributed by atoms with Crippen molar-refractivity contribution >= 4 is 50.9 Å². The molecule has 0 atom stereocenters. The Hall–Kier alpha value is -2.03. The maximum Gasteiger partial charge on any atom is 0.277 e. The van der Waals surface area contributed by atoms with E-state index in [2.05, 4.69) is 31.4 Å². The van der Waals surface area contributed by atoms with Gasteiger partial charge in [0.05, 0.1) is 17.9 Å². The van der Waals surface area contributed by atoms with Gasteiger partial charge in [-0.3, -0.25) is 4.79 Å². The van der Waals surface area contributed by atoms with Gasteiger partial charge in [0.1, 0.15) is 5.75 Å². The molecule has 0 aliphatic heterocycles. The average molecular weight is 455 g/mol. The van der Waals surface area contributed by atoms with Crippen LogP contribution in [0.25, 0.3) is 11.5 Å². The van der Waals surface area contributed by atoms with Crippen LogP contribution < -0.4 is 10.1 Å². The second-order valence-corrected chi connectivity index (χ2v) is 7.32. The monoisotopic (exact) mass is 453 g/mol. The lowest BCUT2D eigenvalue weighted by Crippen LogP contribution is -2.14. The summed E-state index contributed by atoms with van der Waals surface area (Å²) in [5.41, 5.74) is 1.39. The van der Waals surface area contributed by atoms with Crippen molar-refractivity contribution in [3.8, 4) is 17.2 Å². The third-order valence-corrected chi connectivity index (χ3v) is 4.85. The Bertz CT molecular complexity index is 935. The molecule has 0 aliphatic rings. The van der Waals surface area contributed by atoms with Crippen LogP contribution >= 0.6 is 39.3 Å². The van der Waals surface area contributed by atoms with Crippen LogP contribution in [0.5, 0.6) is 5.75 Å². The van der Waals surface area contributed by atoms with E-state index in [0.717, 1.165) is 21.8 Å². The molecule has 134 valence electrons. The quantitative estimate of drug-likeness (QED) is 0.534. The van der Waals surface area contributed by atoms with E-state index in [1.54, 1.807) is 18.2 Å². The first-order valence-corrected chi connectivity index (χ1v) is 9.56. The Morgan fingerprint density at radius 3 is 2.88 bits per heavy atom. The predicted molar refractivity (Wildman–Crippen MR) is 105 cm³/mol. The van der Waals surface area contributed by atoms with Crippen LogP contribution in [-0.4, -0.2) is 29.0 Å². The molecule has 0 radical (unpaired) electrons. The van der Waals surface area contributed by atoms with E-state index in [0.29, 0.717) is 27.6 Å². The number of rotatable bonds is 6. The van der Waals surface area contributed by atoms with E-state index in [-0.39, 0.29) is 11.7 Å². The standard InChI is InChI=1S/C17H13BrClN3O3S/c1-24-14-6-5-12(8-13(14)19)20-15(23)9-26-17-22-21-16(25-17)10-3-2-4-11(18)7-10/h2-8H,9H2,1H3,(H,20,23). The molecule has 3 rings (SSSR count). The van der Waals surface area contributed by atoms with Crippen LogP contribution in [0.2, 0.25) is 5.02 Å². The lowest BCUT2D eigenvalue weighted by molar-refractivity contribution is -0.113. The van der Waals surface area contributed by atoms with Gasteiger partial charge in [0, 0.05) is 15.7 Å². The molecule has 1 N–H and O–H groups in total. The fourth-order valence-corrected chi connectivity index (χ4v) is 3.29. The first-order chi connectivity index (χ1) is 12.5. The van der Waals surface area contributed by atoms with Crippen LogP contribution in [0.3, 0.4) is 0 Å². The first-order valence-electron chi connectivity index (χ1n) is 7.41. The molecule has 26 heavy (non-hydrogen) atoms. The lowest BCUT2D eigenvalue weighted by Gasteiger charge is -2.07. The number of carbonyl (C=O) groups excluding carboxylic acids is 1. The van der Waals surface area contributed by atoms with E-state index in [1.807, 2.05) is 24.3 Å². The Morgan fingerprint density at radius 2 is 2.15 bits per heavy atom. The number of halogens is 2. The second-order valence-electron chi connectivity index (χ2n) is 5.07. The molecule has 0 saturated carbocycles. The van der Waals surface area contributed by atoms with Crippen molar-refractivity contribution in [1.29, 1.82) is 0 Å². The van der Waals surface area contributed by atoms with Crippen molar-refractivity contribution < 1.29 is 13.9 Å². The van der Waals surface area contributed by atoms with E-state index in [1.165, 1.54) is 7.11 Å². The summed E-state index contributed by atoms with van der Waals surface area (Å²) in [4.78, 5) is 12.1. The van der Waals surface area contributed by atoms with Crippen molar-refractivity contribution in [2.45, 2.75) is 5.22 Å². The molecule has 6 nitrogen and oxygen atoms in total. The van der Waals surface area contributed by atoms with Gasteiger partial charge in [0.25, 0.3) is 5.22 Å². The number of nitrogens with one attached hydrogen (secondary N) is 1. The Kier molecular flexibility index (Phi) is 6.18. The largest absolute Gasteiger partial charge is 0.495 e. The summed E-state index contributed by atoms with van der Waals surface area (Å²) in [6, 6.07) is 12.6. The summed E-state index contributed by atoms with van der Waals surface area (Å²) in [5, 5.41) is 11.5. The third kappa shape index (κ3) is 4.78. The summed E-state index contributed by atoms with van der Waals surface area (Å²) >= 11 is 10.6. The molecule has 1 heterocycles. The van der Waals surface area contributed by atoms with Crippen LogP contribution in [0.15, 0.2) is 56.6 Å². The molecule has 0 bridgehead atoms. The highest BCUT2D eigenvalue weighted by Crippen LogP contribution is 2.28. The third-order valence-electron chi connectivity index (χ3n) is 3.24. The van der Waals surface area contributed by atoms with E-state index >= 15 is 0 Å². The van der Waals surface area contributed by atoms with Crippen molar-refractivity contribution in [3.05, 3.63) is 52.0 Å². The highest BCUT2D eigenvalue weighted by atomic mass is 79.9. The van der Waals surface area contributed by atoms with Crippen molar-refractivity contribution in [2.24, 2.45) is 0 Å². The molecule has 0 aliphatic carbocycles.